The predicted molar refractivity (Wildman–Crippen MR) is 121 cm³/mol. The number of hydrogen-bond acceptors (Lipinski definition) is 4. The second-order valence-corrected chi connectivity index (χ2v) is 7.71. The molecule has 0 fully saturated rings. The van der Waals surface area contributed by atoms with Crippen LogP contribution in [-0.2, 0) is 4.74 Å². The van der Waals surface area contributed by atoms with Gasteiger partial charge in [-0.05, 0) is 40.5 Å². The van der Waals surface area contributed by atoms with Gasteiger partial charge in [0, 0.05) is 17.9 Å². The van der Waals surface area contributed by atoms with Crippen molar-refractivity contribution >= 4 is 11.9 Å². The van der Waals surface area contributed by atoms with E-state index in [-0.39, 0.29) is 24.9 Å². The number of amides is 1. The number of alkyl carbamates (subject to hydrolysis) is 1. The van der Waals surface area contributed by atoms with Gasteiger partial charge in [-0.1, -0.05) is 60.4 Å². The maximum atomic E-state index is 12.2. The molecule has 1 aliphatic heterocycles. The van der Waals surface area contributed by atoms with Crippen molar-refractivity contribution in [2.75, 3.05) is 19.8 Å². The first-order chi connectivity index (χ1) is 15.7. The van der Waals surface area contributed by atoms with Crippen LogP contribution in [0.2, 0.25) is 0 Å². The molecule has 0 bridgehead atoms. The highest BCUT2D eigenvalue weighted by atomic mass is 16.5. The Morgan fingerprint density at radius 1 is 1.00 bits per heavy atom. The van der Waals surface area contributed by atoms with E-state index < -0.39 is 6.09 Å². The molecule has 32 heavy (non-hydrogen) atoms. The van der Waals surface area contributed by atoms with Crippen LogP contribution in [0.3, 0.4) is 0 Å². The number of fused-ring (bicyclic) bond motifs is 4. The summed E-state index contributed by atoms with van der Waals surface area (Å²) < 4.78 is 11.0. The Hall–Kier alpha value is -4.04. The molecule has 0 saturated heterocycles. The summed E-state index contributed by atoms with van der Waals surface area (Å²) in [5.74, 6) is 6.55. The van der Waals surface area contributed by atoms with E-state index in [1.165, 1.54) is 22.3 Å². The van der Waals surface area contributed by atoms with Gasteiger partial charge in [-0.15, -0.1) is 0 Å². The maximum absolute atomic E-state index is 12.2. The number of carbonyl (C=O) groups excluding carboxylic acids is 2. The third-order valence-corrected chi connectivity index (χ3v) is 5.76. The minimum absolute atomic E-state index is 0.0227. The number of ketones is 1. The summed E-state index contributed by atoms with van der Waals surface area (Å²) >= 11 is 0. The third-order valence-electron chi connectivity index (χ3n) is 5.76. The first kappa shape index (κ1) is 19.9. The fourth-order valence-electron chi connectivity index (χ4n) is 4.25. The summed E-state index contributed by atoms with van der Waals surface area (Å²) in [7, 11) is 0. The summed E-state index contributed by atoms with van der Waals surface area (Å²) in [6, 6.07) is 21.7. The standard InChI is InChI=1S/C27H21NO4/c29-25-13-15-31-26-12-11-18(16-23(25)26)6-5-14-28-27(30)32-17-24-21-9-3-1-7-19(21)20-8-2-4-10-22(20)24/h1-4,7-12,16,24H,13-15,17H2,(H,28,30). The zero-order valence-electron chi connectivity index (χ0n) is 17.4. The molecule has 3 aromatic rings. The van der Waals surface area contributed by atoms with Crippen molar-refractivity contribution in [3.63, 3.8) is 0 Å². The van der Waals surface area contributed by atoms with Gasteiger partial charge in [-0.2, -0.15) is 0 Å². The lowest BCUT2D eigenvalue weighted by molar-refractivity contribution is 0.0933. The molecule has 0 atom stereocenters. The number of hydrogen-bond donors (Lipinski definition) is 1. The molecule has 2 aliphatic rings. The number of benzene rings is 3. The predicted octanol–water partition coefficient (Wildman–Crippen LogP) is 4.54. The largest absolute Gasteiger partial charge is 0.492 e. The molecule has 0 saturated carbocycles. The van der Waals surface area contributed by atoms with Gasteiger partial charge in [0.05, 0.1) is 18.7 Å². The van der Waals surface area contributed by atoms with Crippen LogP contribution in [0.1, 0.15) is 39.4 Å². The SMILES string of the molecule is O=C(NCC#Cc1ccc2c(c1)C(=O)CCO2)OCC1c2ccccc2-c2ccccc21. The third kappa shape index (κ3) is 3.83. The number of carbonyl (C=O) groups is 2. The highest BCUT2D eigenvalue weighted by Crippen LogP contribution is 2.44. The first-order valence-corrected chi connectivity index (χ1v) is 10.6. The minimum atomic E-state index is -0.504. The van der Waals surface area contributed by atoms with E-state index in [9.17, 15) is 9.59 Å². The molecule has 0 aromatic heterocycles. The number of ether oxygens (including phenoxy) is 2. The average Bonchev–Trinajstić information content (AvgIpc) is 3.15. The van der Waals surface area contributed by atoms with E-state index in [4.69, 9.17) is 9.47 Å². The minimum Gasteiger partial charge on any atom is -0.492 e. The molecule has 1 N–H and O–H groups in total. The fourth-order valence-corrected chi connectivity index (χ4v) is 4.25. The Bertz CT molecular complexity index is 1220. The summed E-state index contributed by atoms with van der Waals surface area (Å²) in [5, 5.41) is 2.67. The summed E-state index contributed by atoms with van der Waals surface area (Å²) in [5.41, 5.74) is 6.00. The second kappa shape index (κ2) is 8.60. The number of nitrogens with one attached hydrogen (secondary N) is 1. The van der Waals surface area contributed by atoms with Crippen molar-refractivity contribution in [3.05, 3.63) is 89.0 Å². The molecule has 0 unspecified atom stereocenters. The van der Waals surface area contributed by atoms with Crippen LogP contribution in [0.25, 0.3) is 11.1 Å². The molecule has 1 amide bonds. The van der Waals surface area contributed by atoms with E-state index in [2.05, 4.69) is 41.4 Å². The van der Waals surface area contributed by atoms with Crippen LogP contribution < -0.4 is 10.1 Å². The van der Waals surface area contributed by atoms with Crippen molar-refractivity contribution in [1.82, 2.24) is 5.32 Å². The van der Waals surface area contributed by atoms with Crippen LogP contribution in [0.4, 0.5) is 4.79 Å². The lowest BCUT2D eigenvalue weighted by Crippen LogP contribution is -2.26. The van der Waals surface area contributed by atoms with Crippen molar-refractivity contribution < 1.29 is 19.1 Å². The molecule has 3 aromatic carbocycles. The monoisotopic (exact) mass is 423 g/mol. The lowest BCUT2D eigenvalue weighted by Gasteiger charge is -2.15. The molecular weight excluding hydrogens is 402 g/mol. The number of Topliss-reactive ketones (excluding diaryl/α,β-unsaturated/α-hetero) is 1. The van der Waals surface area contributed by atoms with Gasteiger partial charge in [0.2, 0.25) is 0 Å². The van der Waals surface area contributed by atoms with Crippen molar-refractivity contribution in [3.8, 4) is 28.7 Å². The summed E-state index contributed by atoms with van der Waals surface area (Å²) in [6.45, 7) is 0.833. The Balaban J connectivity index is 1.18. The van der Waals surface area contributed by atoms with Gasteiger partial charge in [0.1, 0.15) is 12.4 Å². The van der Waals surface area contributed by atoms with Gasteiger partial charge >= 0.3 is 6.09 Å². The zero-order chi connectivity index (χ0) is 21.9. The highest BCUT2D eigenvalue weighted by Gasteiger charge is 2.28. The average molecular weight is 423 g/mol. The van der Waals surface area contributed by atoms with Crippen LogP contribution in [0.15, 0.2) is 66.7 Å². The summed E-state index contributed by atoms with van der Waals surface area (Å²) in [6.07, 6.45) is -0.122. The molecule has 0 radical (unpaired) electrons. The first-order valence-electron chi connectivity index (χ1n) is 10.6. The Morgan fingerprint density at radius 2 is 1.72 bits per heavy atom. The Labute approximate surface area is 186 Å². The van der Waals surface area contributed by atoms with Crippen LogP contribution in [0, 0.1) is 11.8 Å². The molecule has 1 aliphatic carbocycles. The van der Waals surface area contributed by atoms with Gasteiger partial charge in [-0.3, -0.25) is 4.79 Å². The van der Waals surface area contributed by atoms with Crippen LogP contribution in [0.5, 0.6) is 5.75 Å². The molecular formula is C27H21NO4. The van der Waals surface area contributed by atoms with Gasteiger partial charge in [0.25, 0.3) is 0 Å². The Morgan fingerprint density at radius 3 is 2.47 bits per heavy atom. The van der Waals surface area contributed by atoms with E-state index in [1.807, 2.05) is 24.3 Å². The molecule has 1 heterocycles. The van der Waals surface area contributed by atoms with E-state index in [1.54, 1.807) is 18.2 Å². The van der Waals surface area contributed by atoms with Gasteiger partial charge < -0.3 is 14.8 Å². The van der Waals surface area contributed by atoms with Gasteiger partial charge in [-0.25, -0.2) is 4.79 Å². The topological polar surface area (TPSA) is 64.6 Å². The smallest absolute Gasteiger partial charge is 0.407 e. The fraction of sp³-hybridized carbons (Fsp3) is 0.185. The highest BCUT2D eigenvalue weighted by molar-refractivity contribution is 5.99. The maximum Gasteiger partial charge on any atom is 0.407 e. The second-order valence-electron chi connectivity index (χ2n) is 7.71. The molecule has 5 rings (SSSR count). The molecule has 158 valence electrons. The molecule has 0 spiro atoms. The zero-order valence-corrected chi connectivity index (χ0v) is 17.4. The van der Waals surface area contributed by atoms with E-state index in [0.717, 1.165) is 0 Å². The molecule has 5 nitrogen and oxygen atoms in total. The van der Waals surface area contributed by atoms with Crippen molar-refractivity contribution in [2.24, 2.45) is 0 Å². The van der Waals surface area contributed by atoms with Crippen molar-refractivity contribution in [2.45, 2.75) is 12.3 Å². The lowest BCUT2D eigenvalue weighted by atomic mass is 9.98. The van der Waals surface area contributed by atoms with Gasteiger partial charge in [0.15, 0.2) is 5.78 Å². The van der Waals surface area contributed by atoms with Crippen LogP contribution >= 0.6 is 0 Å². The van der Waals surface area contributed by atoms with E-state index in [0.29, 0.717) is 29.9 Å². The molecule has 5 heteroatoms. The van der Waals surface area contributed by atoms with E-state index >= 15 is 0 Å². The quantitative estimate of drug-likeness (QED) is 0.628. The van der Waals surface area contributed by atoms with Crippen LogP contribution in [-0.4, -0.2) is 31.6 Å². The summed E-state index contributed by atoms with van der Waals surface area (Å²) in [4.78, 5) is 24.2. The van der Waals surface area contributed by atoms with Crippen molar-refractivity contribution in [1.29, 1.82) is 0 Å². The Kier molecular flexibility index (Phi) is 5.35. The number of rotatable bonds is 3. The normalized spacial score (nSPS) is 13.7.